The summed E-state index contributed by atoms with van der Waals surface area (Å²) in [4.78, 5) is 23.8. The van der Waals surface area contributed by atoms with E-state index in [4.69, 9.17) is 0 Å². The first-order chi connectivity index (χ1) is 11.0. The van der Waals surface area contributed by atoms with Gasteiger partial charge in [-0.05, 0) is 31.5 Å². The summed E-state index contributed by atoms with van der Waals surface area (Å²) < 4.78 is 37.3. The van der Waals surface area contributed by atoms with Gasteiger partial charge < -0.3 is 9.67 Å². The smallest absolute Gasteiger partial charge is 0.324 e. The minimum atomic E-state index is -3.92. The predicted molar refractivity (Wildman–Crippen MR) is 91.4 cm³/mol. The van der Waals surface area contributed by atoms with E-state index in [1.165, 1.54) is 12.1 Å². The van der Waals surface area contributed by atoms with E-state index in [0.717, 1.165) is 23.9 Å². The lowest BCUT2D eigenvalue weighted by molar-refractivity contribution is -0.139. The van der Waals surface area contributed by atoms with Gasteiger partial charge in [-0.1, -0.05) is 15.9 Å². The largest absolute Gasteiger partial charge is 0.480 e. The minimum absolute atomic E-state index is 0.134. The van der Waals surface area contributed by atoms with Crippen molar-refractivity contribution in [3.63, 3.8) is 0 Å². The van der Waals surface area contributed by atoms with Crippen molar-refractivity contribution in [3.05, 3.63) is 45.0 Å². The van der Waals surface area contributed by atoms with Gasteiger partial charge in [0, 0.05) is 28.9 Å². The van der Waals surface area contributed by atoms with Gasteiger partial charge in [-0.15, -0.1) is 0 Å². The maximum absolute atomic E-state index is 14.2. The van der Waals surface area contributed by atoms with Gasteiger partial charge >= 0.3 is 5.97 Å². The molecule has 0 bridgehead atoms. The second-order valence-corrected chi connectivity index (χ2v) is 9.08. The monoisotopic (exact) mass is 419 g/mol. The second-order valence-electron chi connectivity index (χ2n) is 5.72. The molecule has 0 aliphatic rings. The molecule has 1 aromatic carbocycles. The lowest BCUT2D eigenvalue weighted by Crippen LogP contribution is -2.44. The molecule has 9 heteroatoms. The first-order valence-electron chi connectivity index (χ1n) is 6.88. The third-order valence-corrected chi connectivity index (χ3v) is 6.61. The van der Waals surface area contributed by atoms with E-state index in [1.807, 2.05) is 0 Å². The molecular weight excluding hydrogens is 405 g/mol. The van der Waals surface area contributed by atoms with Gasteiger partial charge in [-0.25, -0.2) is 12.8 Å². The molecule has 0 aliphatic heterocycles. The van der Waals surface area contributed by atoms with Crippen LogP contribution in [0.25, 0.3) is 10.8 Å². The van der Waals surface area contributed by atoms with Crippen LogP contribution in [0, 0.1) is 5.82 Å². The number of hydrogen-bond donors (Lipinski definition) is 1. The molecule has 1 aromatic heterocycles. The van der Waals surface area contributed by atoms with Gasteiger partial charge in [-0.3, -0.25) is 9.59 Å². The molecule has 2 aromatic rings. The Bertz CT molecular complexity index is 985. The highest BCUT2D eigenvalue weighted by Crippen LogP contribution is 2.23. The van der Waals surface area contributed by atoms with Gasteiger partial charge in [0.25, 0.3) is 5.56 Å². The summed E-state index contributed by atoms with van der Waals surface area (Å²) in [7, 11) is -3.92. The van der Waals surface area contributed by atoms with Crippen LogP contribution in [-0.2, 0) is 21.2 Å². The predicted octanol–water partition coefficient (Wildman–Crippen LogP) is 2.18. The Morgan fingerprint density at radius 1 is 1.38 bits per heavy atom. The Kier molecular flexibility index (Phi) is 4.87. The lowest BCUT2D eigenvalue weighted by Gasteiger charge is -2.23. The highest BCUT2D eigenvalue weighted by atomic mass is 79.9. The van der Waals surface area contributed by atoms with Crippen LogP contribution in [0.2, 0.25) is 0 Å². The number of benzene rings is 1. The van der Waals surface area contributed by atoms with E-state index in [2.05, 4.69) is 15.9 Å². The molecule has 2 rings (SSSR count). The first kappa shape index (κ1) is 18.6. The Balaban J connectivity index is 2.48. The molecule has 0 radical (unpaired) electrons. The standard InChI is InChI=1S/C15H15BrFNO5S/c1-15(14(20)21,24(2,22)23)5-6-18-8-12(17)11-7-9(16)3-4-10(11)13(18)19/h3-4,7-8H,5-6H2,1-2H3,(H,20,21)/t15-/m1/s1. The van der Waals surface area contributed by atoms with Gasteiger partial charge in [0.1, 0.15) is 5.82 Å². The van der Waals surface area contributed by atoms with E-state index in [9.17, 15) is 27.5 Å². The summed E-state index contributed by atoms with van der Waals surface area (Å²) in [5, 5.41) is 9.49. The quantitative estimate of drug-likeness (QED) is 0.801. The fourth-order valence-corrected chi connectivity index (χ4v) is 3.41. The summed E-state index contributed by atoms with van der Waals surface area (Å²) in [6, 6.07) is 4.51. The van der Waals surface area contributed by atoms with Crippen molar-refractivity contribution in [3.8, 4) is 0 Å². The number of nitrogens with zero attached hydrogens (tertiary/aromatic N) is 1. The number of fused-ring (bicyclic) bond motifs is 1. The summed E-state index contributed by atoms with van der Waals surface area (Å²) in [6.45, 7) is 0.835. The van der Waals surface area contributed by atoms with Gasteiger partial charge in [0.2, 0.25) is 0 Å². The summed E-state index contributed by atoms with van der Waals surface area (Å²) in [5.41, 5.74) is -0.514. The van der Waals surface area contributed by atoms with Crippen LogP contribution < -0.4 is 5.56 Å². The Hall–Kier alpha value is -1.74. The number of pyridine rings is 1. The van der Waals surface area contributed by atoms with Crippen molar-refractivity contribution < 1.29 is 22.7 Å². The maximum Gasteiger partial charge on any atom is 0.324 e. The first-order valence-corrected chi connectivity index (χ1v) is 9.57. The molecule has 0 unspecified atom stereocenters. The van der Waals surface area contributed by atoms with Crippen LogP contribution in [0.4, 0.5) is 4.39 Å². The van der Waals surface area contributed by atoms with Crippen molar-refractivity contribution in [2.24, 2.45) is 0 Å². The number of sulfone groups is 1. The highest BCUT2D eigenvalue weighted by Gasteiger charge is 2.43. The second kappa shape index (κ2) is 6.29. The molecule has 0 spiro atoms. The zero-order valence-electron chi connectivity index (χ0n) is 12.9. The van der Waals surface area contributed by atoms with Crippen molar-refractivity contribution in [2.75, 3.05) is 6.26 Å². The van der Waals surface area contributed by atoms with E-state index in [0.29, 0.717) is 4.47 Å². The van der Waals surface area contributed by atoms with Gasteiger partial charge in [0.15, 0.2) is 14.6 Å². The molecule has 6 nitrogen and oxygen atoms in total. The van der Waals surface area contributed by atoms with Crippen LogP contribution in [0.1, 0.15) is 13.3 Å². The van der Waals surface area contributed by atoms with E-state index < -0.39 is 31.9 Å². The third-order valence-electron chi connectivity index (χ3n) is 4.10. The normalized spacial score (nSPS) is 14.5. The van der Waals surface area contributed by atoms with E-state index in [1.54, 1.807) is 6.07 Å². The number of carbonyl (C=O) groups is 1. The summed E-state index contributed by atoms with van der Waals surface area (Å²) >= 11 is 3.20. The number of aromatic nitrogens is 1. The minimum Gasteiger partial charge on any atom is -0.480 e. The average Bonchev–Trinajstić information content (AvgIpc) is 2.47. The van der Waals surface area contributed by atoms with Crippen molar-refractivity contribution in [2.45, 2.75) is 24.6 Å². The van der Waals surface area contributed by atoms with E-state index in [-0.39, 0.29) is 23.7 Å². The molecule has 0 saturated heterocycles. The van der Waals surface area contributed by atoms with Crippen LogP contribution >= 0.6 is 15.9 Å². The average molecular weight is 420 g/mol. The number of carboxylic acid groups (broad SMARTS) is 1. The number of rotatable bonds is 5. The van der Waals surface area contributed by atoms with Crippen molar-refractivity contribution >= 4 is 42.5 Å². The van der Waals surface area contributed by atoms with Crippen LogP contribution in [0.5, 0.6) is 0 Å². The molecular formula is C15H15BrFNO5S. The van der Waals surface area contributed by atoms with E-state index >= 15 is 0 Å². The fraction of sp³-hybridized carbons (Fsp3) is 0.333. The van der Waals surface area contributed by atoms with Crippen LogP contribution in [0.15, 0.2) is 33.7 Å². The molecule has 0 fully saturated rings. The Morgan fingerprint density at radius 3 is 2.54 bits per heavy atom. The number of hydrogen-bond acceptors (Lipinski definition) is 4. The molecule has 0 saturated carbocycles. The Morgan fingerprint density at radius 2 is 2.00 bits per heavy atom. The number of carboxylic acids is 1. The summed E-state index contributed by atoms with van der Waals surface area (Å²) in [5.74, 6) is -2.16. The van der Waals surface area contributed by atoms with Crippen LogP contribution in [0.3, 0.4) is 0 Å². The highest BCUT2D eigenvalue weighted by molar-refractivity contribution is 9.10. The fourth-order valence-electron chi connectivity index (χ4n) is 2.27. The van der Waals surface area contributed by atoms with Crippen molar-refractivity contribution in [1.82, 2.24) is 4.57 Å². The molecule has 130 valence electrons. The topological polar surface area (TPSA) is 93.4 Å². The number of aliphatic carboxylic acids is 1. The van der Waals surface area contributed by atoms with Gasteiger partial charge in [0.05, 0.1) is 5.39 Å². The molecule has 1 atom stereocenters. The zero-order chi connectivity index (χ0) is 18.3. The number of aryl methyl sites for hydroxylation is 1. The molecule has 0 aliphatic carbocycles. The van der Waals surface area contributed by atoms with Crippen molar-refractivity contribution in [1.29, 1.82) is 0 Å². The number of halogens is 2. The lowest BCUT2D eigenvalue weighted by atomic mass is 10.1. The third kappa shape index (κ3) is 3.23. The Labute approximate surface area is 146 Å². The summed E-state index contributed by atoms with van der Waals surface area (Å²) in [6.07, 6.45) is 1.42. The van der Waals surface area contributed by atoms with Crippen LogP contribution in [-0.4, -0.2) is 35.1 Å². The molecule has 1 heterocycles. The molecule has 24 heavy (non-hydrogen) atoms. The molecule has 1 N–H and O–H groups in total. The SMILES string of the molecule is C[C@@](CCn1cc(F)c2cc(Br)ccc2c1=O)(C(=O)O)S(C)(=O)=O. The molecule has 0 amide bonds. The van der Waals surface area contributed by atoms with Gasteiger partial charge in [-0.2, -0.15) is 0 Å². The maximum atomic E-state index is 14.2. The zero-order valence-corrected chi connectivity index (χ0v) is 15.3.